The molecule has 1 nitrogen and oxygen atoms in total. The Bertz CT molecular complexity index is 269. The zero-order valence-electron chi connectivity index (χ0n) is 8.84. The van der Waals surface area contributed by atoms with E-state index in [0.29, 0.717) is 11.3 Å². The summed E-state index contributed by atoms with van der Waals surface area (Å²) in [6.07, 6.45) is 11.2. The van der Waals surface area contributed by atoms with Gasteiger partial charge in [-0.2, -0.15) is 5.26 Å². The van der Waals surface area contributed by atoms with E-state index in [1.165, 1.54) is 51.4 Å². The summed E-state index contributed by atoms with van der Waals surface area (Å²) in [5.74, 6) is 2.14. The van der Waals surface area contributed by atoms with Gasteiger partial charge in [0.25, 0.3) is 0 Å². The first-order valence-corrected chi connectivity index (χ1v) is 6.26. The molecule has 3 atom stereocenters. The smallest absolute Gasteiger partial charge is 0.0659 e. The Balaban J connectivity index is 1.90. The lowest BCUT2D eigenvalue weighted by Crippen LogP contribution is -2.29. The van der Waals surface area contributed by atoms with Crippen LogP contribution in [0, 0.1) is 34.5 Å². The molecule has 0 heterocycles. The quantitative estimate of drug-likeness (QED) is 0.572. The fraction of sp³-hybridized carbons (Fsp3) is 0.923. The molecule has 3 rings (SSSR count). The summed E-state index contributed by atoms with van der Waals surface area (Å²) in [5, 5.41) is 9.15. The minimum Gasteiger partial charge on any atom is -0.198 e. The maximum atomic E-state index is 9.15. The van der Waals surface area contributed by atoms with Crippen LogP contribution in [0.1, 0.15) is 51.4 Å². The van der Waals surface area contributed by atoms with Crippen molar-refractivity contribution in [2.75, 3.05) is 0 Å². The summed E-state index contributed by atoms with van der Waals surface area (Å²) in [5.41, 5.74) is 0.651. The largest absolute Gasteiger partial charge is 0.198 e. The highest BCUT2D eigenvalue weighted by atomic mass is 14.6. The van der Waals surface area contributed by atoms with Gasteiger partial charge in [-0.25, -0.2) is 0 Å². The molecule has 0 aromatic rings. The van der Waals surface area contributed by atoms with Gasteiger partial charge in [0.05, 0.1) is 6.07 Å². The fourth-order valence-corrected chi connectivity index (χ4v) is 4.82. The molecule has 0 N–H and O–H groups in total. The van der Waals surface area contributed by atoms with Crippen molar-refractivity contribution in [3.8, 4) is 6.07 Å². The molecule has 3 aliphatic rings. The Morgan fingerprint density at radius 2 is 1.86 bits per heavy atom. The van der Waals surface area contributed by atoms with E-state index in [1.54, 1.807) is 0 Å². The SMILES string of the molecule is N#CC1CC2CCC1C21CCCCC1. The number of nitrogens with zero attached hydrogens (tertiary/aromatic N) is 1. The van der Waals surface area contributed by atoms with Gasteiger partial charge in [0, 0.05) is 5.92 Å². The van der Waals surface area contributed by atoms with Crippen LogP contribution in [-0.2, 0) is 0 Å². The van der Waals surface area contributed by atoms with Crippen LogP contribution >= 0.6 is 0 Å². The minimum absolute atomic E-state index is 0.423. The summed E-state index contributed by atoms with van der Waals surface area (Å²) in [7, 11) is 0. The molecule has 0 amide bonds. The highest BCUT2D eigenvalue weighted by Crippen LogP contribution is 2.65. The van der Waals surface area contributed by atoms with Gasteiger partial charge in [-0.3, -0.25) is 0 Å². The zero-order valence-corrected chi connectivity index (χ0v) is 8.84. The molecule has 0 aromatic heterocycles. The second kappa shape index (κ2) is 2.99. The summed E-state index contributed by atoms with van der Waals surface area (Å²) in [4.78, 5) is 0. The number of nitriles is 1. The van der Waals surface area contributed by atoms with Crippen molar-refractivity contribution in [2.24, 2.45) is 23.2 Å². The van der Waals surface area contributed by atoms with Gasteiger partial charge in [0.1, 0.15) is 0 Å². The van der Waals surface area contributed by atoms with Crippen LogP contribution in [0.3, 0.4) is 0 Å². The molecule has 0 saturated heterocycles. The average Bonchev–Trinajstić information content (AvgIpc) is 2.72. The molecule has 0 aromatic carbocycles. The second-order valence-corrected chi connectivity index (χ2v) is 5.65. The Morgan fingerprint density at radius 3 is 2.50 bits per heavy atom. The van der Waals surface area contributed by atoms with Crippen LogP contribution in [0.25, 0.3) is 0 Å². The maximum Gasteiger partial charge on any atom is 0.0659 e. The van der Waals surface area contributed by atoms with Crippen LogP contribution in [0.15, 0.2) is 0 Å². The van der Waals surface area contributed by atoms with E-state index < -0.39 is 0 Å². The molecule has 1 spiro atoms. The zero-order chi connectivity index (χ0) is 9.60. The van der Waals surface area contributed by atoms with Gasteiger partial charge in [-0.1, -0.05) is 19.3 Å². The van der Waals surface area contributed by atoms with E-state index in [0.717, 1.165) is 11.8 Å². The van der Waals surface area contributed by atoms with Crippen molar-refractivity contribution < 1.29 is 0 Å². The molecule has 2 bridgehead atoms. The summed E-state index contributed by atoms with van der Waals surface area (Å²) < 4.78 is 0. The van der Waals surface area contributed by atoms with Crippen molar-refractivity contribution in [3.63, 3.8) is 0 Å². The van der Waals surface area contributed by atoms with Gasteiger partial charge >= 0.3 is 0 Å². The van der Waals surface area contributed by atoms with E-state index in [2.05, 4.69) is 6.07 Å². The Morgan fingerprint density at radius 1 is 1.07 bits per heavy atom. The topological polar surface area (TPSA) is 23.8 Å². The van der Waals surface area contributed by atoms with Crippen LogP contribution < -0.4 is 0 Å². The standard InChI is InChI=1S/C13H19N/c14-9-10-8-11-4-5-12(10)13(11)6-2-1-3-7-13/h10-12H,1-8H2. The third-order valence-corrected chi connectivity index (χ3v) is 5.35. The van der Waals surface area contributed by atoms with Crippen molar-refractivity contribution in [3.05, 3.63) is 0 Å². The summed E-state index contributed by atoms with van der Waals surface area (Å²) >= 11 is 0. The van der Waals surface area contributed by atoms with Crippen LogP contribution in [-0.4, -0.2) is 0 Å². The predicted molar refractivity (Wildman–Crippen MR) is 55.5 cm³/mol. The Kier molecular flexibility index (Phi) is 1.87. The molecular formula is C13H19N. The summed E-state index contributed by atoms with van der Waals surface area (Å²) in [6.45, 7) is 0. The number of hydrogen-bond acceptors (Lipinski definition) is 1. The second-order valence-electron chi connectivity index (χ2n) is 5.65. The van der Waals surface area contributed by atoms with Crippen molar-refractivity contribution in [1.29, 1.82) is 5.26 Å². The first-order valence-electron chi connectivity index (χ1n) is 6.26. The van der Waals surface area contributed by atoms with E-state index >= 15 is 0 Å². The molecular weight excluding hydrogens is 170 g/mol. The molecule has 3 unspecified atom stereocenters. The van der Waals surface area contributed by atoms with Crippen molar-refractivity contribution in [1.82, 2.24) is 0 Å². The summed E-state index contributed by atoms with van der Waals surface area (Å²) in [6, 6.07) is 2.57. The van der Waals surface area contributed by atoms with Crippen LogP contribution in [0.5, 0.6) is 0 Å². The number of rotatable bonds is 0. The predicted octanol–water partition coefficient (Wildman–Crippen LogP) is 3.51. The molecule has 3 aliphatic carbocycles. The molecule has 14 heavy (non-hydrogen) atoms. The lowest BCUT2D eigenvalue weighted by atomic mass is 9.66. The van der Waals surface area contributed by atoms with Gasteiger partial charge < -0.3 is 0 Å². The van der Waals surface area contributed by atoms with E-state index in [-0.39, 0.29) is 0 Å². The Hall–Kier alpha value is -0.510. The first kappa shape index (κ1) is 8.77. The van der Waals surface area contributed by atoms with Crippen molar-refractivity contribution >= 4 is 0 Å². The maximum absolute atomic E-state index is 9.15. The fourth-order valence-electron chi connectivity index (χ4n) is 4.82. The monoisotopic (exact) mass is 189 g/mol. The van der Waals surface area contributed by atoms with E-state index in [4.69, 9.17) is 5.26 Å². The van der Waals surface area contributed by atoms with Crippen molar-refractivity contribution in [2.45, 2.75) is 51.4 Å². The lowest BCUT2D eigenvalue weighted by molar-refractivity contribution is 0.116. The van der Waals surface area contributed by atoms with Gasteiger partial charge in [-0.15, -0.1) is 0 Å². The van der Waals surface area contributed by atoms with Gasteiger partial charge in [0.15, 0.2) is 0 Å². The highest BCUT2D eigenvalue weighted by molar-refractivity contribution is 5.12. The molecule has 0 aliphatic heterocycles. The van der Waals surface area contributed by atoms with Gasteiger partial charge in [0.2, 0.25) is 0 Å². The first-order chi connectivity index (χ1) is 6.87. The Labute approximate surface area is 86.5 Å². The van der Waals surface area contributed by atoms with E-state index in [9.17, 15) is 0 Å². The minimum atomic E-state index is 0.423. The normalized spacial score (nSPS) is 44.1. The molecule has 3 saturated carbocycles. The lowest BCUT2D eigenvalue weighted by Gasteiger charge is -2.38. The van der Waals surface area contributed by atoms with Crippen LogP contribution in [0.2, 0.25) is 0 Å². The number of hydrogen-bond donors (Lipinski definition) is 0. The molecule has 3 fully saturated rings. The molecule has 76 valence electrons. The molecule has 0 radical (unpaired) electrons. The third kappa shape index (κ3) is 0.950. The van der Waals surface area contributed by atoms with Crippen LogP contribution in [0.4, 0.5) is 0 Å². The third-order valence-electron chi connectivity index (χ3n) is 5.35. The highest BCUT2D eigenvalue weighted by Gasteiger charge is 2.58. The molecule has 1 heteroatoms. The van der Waals surface area contributed by atoms with E-state index in [1.807, 2.05) is 0 Å². The van der Waals surface area contributed by atoms with Gasteiger partial charge in [-0.05, 0) is 49.4 Å². The average molecular weight is 189 g/mol.